The van der Waals surface area contributed by atoms with E-state index in [1.54, 1.807) is 0 Å². The average molecular weight is 258 g/mol. The molecule has 0 amide bonds. The number of nitrogens with one attached hydrogen (secondary N) is 1. The molecule has 5 nitrogen and oxygen atoms in total. The fraction of sp³-hybridized carbons (Fsp3) is 0.727. The number of aryl methyl sites for hydroxylation is 1. The Morgan fingerprint density at radius 1 is 1.47 bits per heavy atom. The van der Waals surface area contributed by atoms with Crippen molar-refractivity contribution in [3.8, 4) is 0 Å². The summed E-state index contributed by atoms with van der Waals surface area (Å²) in [6, 6.07) is -0.306. The van der Waals surface area contributed by atoms with Gasteiger partial charge in [0, 0.05) is 12.5 Å². The molecular formula is C11H18N2O3S. The lowest BCUT2D eigenvalue weighted by Gasteiger charge is -2.20. The van der Waals surface area contributed by atoms with Gasteiger partial charge in [0.1, 0.15) is 5.76 Å². The van der Waals surface area contributed by atoms with Crippen LogP contribution in [0.4, 0.5) is 0 Å². The Hall–Kier alpha value is -0.880. The van der Waals surface area contributed by atoms with Gasteiger partial charge in [-0.2, -0.15) is 0 Å². The summed E-state index contributed by atoms with van der Waals surface area (Å²) in [7, 11) is -2.97. The third-order valence-electron chi connectivity index (χ3n) is 2.90. The zero-order chi connectivity index (χ0) is 12.6. The van der Waals surface area contributed by atoms with Gasteiger partial charge < -0.3 is 9.73 Å². The Kier molecular flexibility index (Phi) is 3.27. The summed E-state index contributed by atoms with van der Waals surface area (Å²) in [5.41, 5.74) is 0.847. The molecule has 1 aromatic rings. The highest BCUT2D eigenvalue weighted by atomic mass is 32.2. The zero-order valence-corrected chi connectivity index (χ0v) is 11.2. The molecule has 17 heavy (non-hydrogen) atoms. The van der Waals surface area contributed by atoms with Crippen LogP contribution in [0, 0.1) is 6.92 Å². The highest BCUT2D eigenvalue weighted by Gasteiger charge is 2.29. The normalized spacial score (nSPS) is 24.1. The van der Waals surface area contributed by atoms with Crippen molar-refractivity contribution in [2.45, 2.75) is 32.7 Å². The summed E-state index contributed by atoms with van der Waals surface area (Å²) in [5, 5.41) is 3.14. The molecule has 1 N–H and O–H groups in total. The molecule has 0 saturated carbocycles. The highest BCUT2D eigenvalue weighted by Crippen LogP contribution is 2.25. The van der Waals surface area contributed by atoms with Gasteiger partial charge in [0.2, 0.25) is 5.89 Å². The van der Waals surface area contributed by atoms with E-state index in [1.165, 1.54) is 0 Å². The van der Waals surface area contributed by atoms with Crippen molar-refractivity contribution in [3.05, 3.63) is 17.3 Å². The van der Waals surface area contributed by atoms with Crippen LogP contribution in [0.2, 0.25) is 0 Å². The Morgan fingerprint density at radius 3 is 2.71 bits per heavy atom. The highest BCUT2D eigenvalue weighted by molar-refractivity contribution is 7.91. The van der Waals surface area contributed by atoms with Crippen LogP contribution in [-0.4, -0.2) is 31.5 Å². The second-order valence-corrected chi connectivity index (χ2v) is 7.01. The summed E-state index contributed by atoms with van der Waals surface area (Å²) in [5.74, 6) is 1.86. The van der Waals surface area contributed by atoms with E-state index in [-0.39, 0.29) is 23.5 Å². The summed E-state index contributed by atoms with van der Waals surface area (Å²) in [6.45, 7) is 6.41. The SMILES string of the molecule is Cc1nc(C2CS(=O)(=O)CCN2)oc1C(C)C. The summed E-state index contributed by atoms with van der Waals surface area (Å²) in [4.78, 5) is 4.33. The van der Waals surface area contributed by atoms with E-state index in [2.05, 4.69) is 10.3 Å². The van der Waals surface area contributed by atoms with Gasteiger partial charge in [0.15, 0.2) is 9.84 Å². The molecule has 0 bridgehead atoms. The largest absolute Gasteiger partial charge is 0.443 e. The van der Waals surface area contributed by atoms with Gasteiger partial charge in [0.25, 0.3) is 0 Å². The maximum Gasteiger partial charge on any atom is 0.212 e. The molecule has 0 aromatic carbocycles. The molecule has 1 aromatic heterocycles. The fourth-order valence-corrected chi connectivity index (χ4v) is 3.42. The van der Waals surface area contributed by atoms with Crippen LogP contribution in [0.25, 0.3) is 0 Å². The molecule has 1 atom stereocenters. The number of nitrogens with zero attached hydrogens (tertiary/aromatic N) is 1. The Bertz CT molecular complexity index is 505. The summed E-state index contributed by atoms with van der Waals surface area (Å²) >= 11 is 0. The molecule has 1 fully saturated rings. The molecule has 1 saturated heterocycles. The van der Waals surface area contributed by atoms with Gasteiger partial charge in [-0.15, -0.1) is 0 Å². The van der Waals surface area contributed by atoms with Crippen molar-refractivity contribution < 1.29 is 12.8 Å². The minimum absolute atomic E-state index is 0.0739. The molecule has 6 heteroatoms. The van der Waals surface area contributed by atoms with Crippen molar-refractivity contribution in [2.75, 3.05) is 18.1 Å². The number of hydrogen-bond donors (Lipinski definition) is 1. The predicted molar refractivity (Wildman–Crippen MR) is 64.7 cm³/mol. The maximum absolute atomic E-state index is 11.6. The Labute approximate surface area is 102 Å². The molecule has 1 aliphatic rings. The first-order chi connectivity index (χ1) is 7.89. The van der Waals surface area contributed by atoms with Gasteiger partial charge in [-0.1, -0.05) is 13.8 Å². The number of hydrogen-bond acceptors (Lipinski definition) is 5. The quantitative estimate of drug-likeness (QED) is 0.862. The van der Waals surface area contributed by atoms with E-state index >= 15 is 0 Å². The molecular weight excluding hydrogens is 240 g/mol. The van der Waals surface area contributed by atoms with Crippen LogP contribution in [0.15, 0.2) is 4.42 Å². The van der Waals surface area contributed by atoms with E-state index in [0.717, 1.165) is 11.5 Å². The Morgan fingerprint density at radius 2 is 2.18 bits per heavy atom. The van der Waals surface area contributed by atoms with Gasteiger partial charge in [-0.05, 0) is 6.92 Å². The molecule has 1 aliphatic heterocycles. The third kappa shape index (κ3) is 2.69. The van der Waals surface area contributed by atoms with Crippen LogP contribution < -0.4 is 5.32 Å². The second-order valence-electron chi connectivity index (χ2n) is 4.78. The van der Waals surface area contributed by atoms with Crippen molar-refractivity contribution in [3.63, 3.8) is 0 Å². The van der Waals surface area contributed by atoms with E-state index in [4.69, 9.17) is 4.42 Å². The summed E-state index contributed by atoms with van der Waals surface area (Å²) in [6.07, 6.45) is 0. The lowest BCUT2D eigenvalue weighted by molar-refractivity contribution is 0.383. The van der Waals surface area contributed by atoms with Gasteiger partial charge in [-0.3, -0.25) is 0 Å². The third-order valence-corrected chi connectivity index (χ3v) is 4.56. The lowest BCUT2D eigenvalue weighted by Crippen LogP contribution is -2.39. The summed E-state index contributed by atoms with van der Waals surface area (Å²) < 4.78 is 28.8. The minimum Gasteiger partial charge on any atom is -0.443 e. The smallest absolute Gasteiger partial charge is 0.212 e. The number of rotatable bonds is 2. The average Bonchev–Trinajstić information content (AvgIpc) is 2.59. The van der Waals surface area contributed by atoms with Crippen molar-refractivity contribution in [2.24, 2.45) is 0 Å². The first-order valence-electron chi connectivity index (χ1n) is 5.80. The fourth-order valence-electron chi connectivity index (χ4n) is 2.06. The van der Waals surface area contributed by atoms with Gasteiger partial charge in [-0.25, -0.2) is 13.4 Å². The van der Waals surface area contributed by atoms with Gasteiger partial charge in [0.05, 0.1) is 23.2 Å². The van der Waals surface area contributed by atoms with Crippen molar-refractivity contribution >= 4 is 9.84 Å². The predicted octanol–water partition coefficient (Wildman–Crippen LogP) is 1.17. The topological polar surface area (TPSA) is 72.2 Å². The lowest BCUT2D eigenvalue weighted by atomic mass is 10.1. The maximum atomic E-state index is 11.6. The van der Waals surface area contributed by atoms with Crippen LogP contribution in [-0.2, 0) is 9.84 Å². The molecule has 1 unspecified atom stereocenters. The second kappa shape index (κ2) is 4.42. The van der Waals surface area contributed by atoms with Crippen LogP contribution in [0.5, 0.6) is 0 Å². The molecule has 2 heterocycles. The van der Waals surface area contributed by atoms with Crippen LogP contribution in [0.3, 0.4) is 0 Å². The van der Waals surface area contributed by atoms with E-state index < -0.39 is 9.84 Å². The minimum atomic E-state index is -2.97. The van der Waals surface area contributed by atoms with E-state index in [0.29, 0.717) is 12.4 Å². The molecule has 96 valence electrons. The standard InChI is InChI=1S/C11H18N2O3S/c1-7(2)10-8(3)13-11(16-10)9-6-17(14,15)5-4-12-9/h7,9,12H,4-6H2,1-3H3. The molecule has 2 rings (SSSR count). The zero-order valence-electron chi connectivity index (χ0n) is 10.4. The van der Waals surface area contributed by atoms with E-state index in [9.17, 15) is 8.42 Å². The van der Waals surface area contributed by atoms with Gasteiger partial charge >= 0.3 is 0 Å². The molecule has 0 radical (unpaired) electrons. The van der Waals surface area contributed by atoms with E-state index in [1.807, 2.05) is 20.8 Å². The van der Waals surface area contributed by atoms with Crippen LogP contribution in [0.1, 0.15) is 43.2 Å². The van der Waals surface area contributed by atoms with Crippen LogP contribution >= 0.6 is 0 Å². The number of aromatic nitrogens is 1. The number of oxazole rings is 1. The first-order valence-corrected chi connectivity index (χ1v) is 7.62. The molecule has 0 spiro atoms. The van der Waals surface area contributed by atoms with Crippen molar-refractivity contribution in [1.82, 2.24) is 10.3 Å². The van der Waals surface area contributed by atoms with Crippen molar-refractivity contribution in [1.29, 1.82) is 0 Å². The molecule has 0 aliphatic carbocycles. The monoisotopic (exact) mass is 258 g/mol. The Balaban J connectivity index is 2.26. The number of sulfone groups is 1. The first kappa shape index (κ1) is 12.6.